The predicted molar refractivity (Wildman–Crippen MR) is 160 cm³/mol. The van der Waals surface area contributed by atoms with E-state index in [1.165, 1.54) is 29.2 Å². The van der Waals surface area contributed by atoms with E-state index in [9.17, 15) is 24.5 Å². The molecule has 1 N–H and O–H groups in total. The molecular formula is C33H23ClN4O5. The van der Waals surface area contributed by atoms with Crippen LogP contribution < -0.4 is 10.3 Å². The second-order valence-electron chi connectivity index (χ2n) is 11.0. The Balaban J connectivity index is 1.37. The number of nitrogens with zero attached hydrogens (tertiary/aromatic N) is 3. The first kappa shape index (κ1) is 26.7. The van der Waals surface area contributed by atoms with Gasteiger partial charge in [-0.25, -0.2) is 10.3 Å². The second kappa shape index (κ2) is 9.71. The number of benzene rings is 4. The highest BCUT2D eigenvalue weighted by Gasteiger charge is 2.68. The first-order valence-corrected chi connectivity index (χ1v) is 14.0. The molecule has 4 aromatic rings. The molecule has 0 radical (unpaired) electrons. The Bertz CT molecular complexity index is 1870. The molecule has 1 heterocycles. The maximum atomic E-state index is 14.4. The molecule has 1 aliphatic heterocycles. The second-order valence-corrected chi connectivity index (χ2v) is 11.4. The van der Waals surface area contributed by atoms with Crippen molar-refractivity contribution in [3.63, 3.8) is 0 Å². The van der Waals surface area contributed by atoms with Crippen molar-refractivity contribution in [2.45, 2.75) is 18.3 Å². The van der Waals surface area contributed by atoms with E-state index in [0.717, 1.165) is 27.8 Å². The Hall–Kier alpha value is -5.15. The molecule has 43 heavy (non-hydrogen) atoms. The monoisotopic (exact) mass is 590 g/mol. The Morgan fingerprint density at radius 1 is 0.953 bits per heavy atom. The Labute approximate surface area is 250 Å². The van der Waals surface area contributed by atoms with Gasteiger partial charge in [0.25, 0.3) is 11.6 Å². The van der Waals surface area contributed by atoms with Crippen LogP contribution in [0, 0.1) is 28.9 Å². The van der Waals surface area contributed by atoms with E-state index in [1.54, 1.807) is 24.4 Å². The standard InChI is InChI=1S/C33H23ClN4O5/c1-18-13-14-20(16-26(18)34)37-31(40)28-27-22-9-2-4-11-24(22)33(29(28)32(37)41,25-12-5-3-10-23(25)27)17-35-36-30(39)19-7-6-8-21(15-19)38(42)43/h2-17,27-29H,1H3,(H,36,39)/b35-17-/t27?,28-,29-,33?/m0/s1. The average molecular weight is 591 g/mol. The molecule has 0 unspecified atom stereocenters. The van der Waals surface area contributed by atoms with Crippen molar-refractivity contribution in [1.82, 2.24) is 5.43 Å². The SMILES string of the molecule is Cc1ccc(N2C(=O)[C@@H]3[C@@H](C2=O)C2c4ccccc4C3(/C=N\NC(=O)c3cccc([N+](=O)[O-])c3)c3ccccc32)cc1Cl. The van der Waals surface area contributed by atoms with Crippen LogP contribution in [-0.4, -0.2) is 28.9 Å². The van der Waals surface area contributed by atoms with Gasteiger partial charge < -0.3 is 0 Å². The van der Waals surface area contributed by atoms with Crippen LogP contribution in [0.15, 0.2) is 96.1 Å². The lowest BCUT2D eigenvalue weighted by Crippen LogP contribution is -2.54. The van der Waals surface area contributed by atoms with Crippen LogP contribution in [0.2, 0.25) is 5.02 Å². The summed E-state index contributed by atoms with van der Waals surface area (Å²) in [5, 5.41) is 16.0. The zero-order valence-corrected chi connectivity index (χ0v) is 23.5. The normalized spacial score (nSPS) is 23.2. The van der Waals surface area contributed by atoms with Crippen LogP contribution in [0.5, 0.6) is 0 Å². The predicted octanol–water partition coefficient (Wildman–Crippen LogP) is 5.52. The van der Waals surface area contributed by atoms with Gasteiger partial charge in [0.05, 0.1) is 27.9 Å². The van der Waals surface area contributed by atoms with Gasteiger partial charge in [-0.15, -0.1) is 0 Å². The molecule has 2 atom stereocenters. The number of hydrazone groups is 1. The number of halogens is 1. The van der Waals surface area contributed by atoms with Gasteiger partial charge in [0.1, 0.15) is 0 Å². The van der Waals surface area contributed by atoms with Gasteiger partial charge in [0, 0.05) is 34.9 Å². The first-order chi connectivity index (χ1) is 20.7. The van der Waals surface area contributed by atoms with Crippen molar-refractivity contribution in [2.75, 3.05) is 4.90 Å². The Morgan fingerprint density at radius 2 is 1.63 bits per heavy atom. The molecule has 1 fully saturated rings. The van der Waals surface area contributed by atoms with Gasteiger partial charge >= 0.3 is 0 Å². The molecule has 4 aliphatic rings. The maximum Gasteiger partial charge on any atom is 0.271 e. The first-order valence-electron chi connectivity index (χ1n) is 13.7. The van der Waals surface area contributed by atoms with E-state index in [0.29, 0.717) is 10.7 Å². The number of non-ortho nitro benzene ring substituents is 1. The number of rotatable bonds is 5. The molecule has 4 aromatic carbocycles. The summed E-state index contributed by atoms with van der Waals surface area (Å²) in [5.74, 6) is -3.24. The number of hydrogen-bond donors (Lipinski definition) is 1. The number of nitrogens with one attached hydrogen (secondary N) is 1. The fraction of sp³-hybridized carbons (Fsp3) is 0.152. The van der Waals surface area contributed by atoms with Crippen molar-refractivity contribution in [3.8, 4) is 0 Å². The number of amides is 3. The number of aryl methyl sites for hydroxylation is 1. The highest BCUT2D eigenvalue weighted by molar-refractivity contribution is 6.32. The fourth-order valence-corrected chi connectivity index (χ4v) is 7.22. The van der Waals surface area contributed by atoms with Gasteiger partial charge in [0.2, 0.25) is 11.8 Å². The molecule has 1 saturated heterocycles. The maximum absolute atomic E-state index is 14.4. The van der Waals surface area contributed by atoms with Crippen LogP contribution >= 0.6 is 11.6 Å². The third-order valence-electron chi connectivity index (χ3n) is 8.85. The van der Waals surface area contributed by atoms with E-state index in [-0.39, 0.29) is 29.0 Å². The molecule has 3 amide bonds. The summed E-state index contributed by atoms with van der Waals surface area (Å²) in [6, 6.07) is 25.9. The Morgan fingerprint density at radius 3 is 2.28 bits per heavy atom. The molecule has 2 bridgehead atoms. The quantitative estimate of drug-likeness (QED) is 0.142. The molecular weight excluding hydrogens is 568 g/mol. The molecule has 9 nitrogen and oxygen atoms in total. The number of nitro groups is 1. The van der Waals surface area contributed by atoms with Gasteiger partial charge in [-0.1, -0.05) is 72.3 Å². The molecule has 8 rings (SSSR count). The number of nitro benzene ring substituents is 1. The molecule has 0 spiro atoms. The van der Waals surface area contributed by atoms with Crippen LogP contribution in [-0.2, 0) is 15.0 Å². The minimum absolute atomic E-state index is 0.0597. The number of carbonyl (C=O) groups is 3. The highest BCUT2D eigenvalue weighted by atomic mass is 35.5. The summed E-state index contributed by atoms with van der Waals surface area (Å²) in [6.07, 6.45) is 1.55. The number of hydrogen-bond acceptors (Lipinski definition) is 6. The number of carbonyl (C=O) groups excluding carboxylic acids is 3. The van der Waals surface area contributed by atoms with E-state index in [2.05, 4.69) is 10.5 Å². The highest BCUT2D eigenvalue weighted by Crippen LogP contribution is 2.63. The van der Waals surface area contributed by atoms with Crippen molar-refractivity contribution in [2.24, 2.45) is 16.9 Å². The van der Waals surface area contributed by atoms with Gasteiger partial charge in [0.15, 0.2) is 0 Å². The average Bonchev–Trinajstić information content (AvgIpc) is 3.29. The summed E-state index contributed by atoms with van der Waals surface area (Å²) in [4.78, 5) is 53.5. The zero-order valence-electron chi connectivity index (χ0n) is 22.7. The third-order valence-corrected chi connectivity index (χ3v) is 9.26. The minimum Gasteiger partial charge on any atom is -0.274 e. The molecule has 212 valence electrons. The van der Waals surface area contributed by atoms with Crippen LogP contribution in [0.4, 0.5) is 11.4 Å². The summed E-state index contributed by atoms with van der Waals surface area (Å²) in [7, 11) is 0. The smallest absolute Gasteiger partial charge is 0.271 e. The lowest BCUT2D eigenvalue weighted by atomic mass is 9.47. The fourth-order valence-electron chi connectivity index (χ4n) is 7.04. The van der Waals surface area contributed by atoms with Gasteiger partial charge in [-0.05, 0) is 52.9 Å². The molecule has 0 aromatic heterocycles. The molecule has 3 aliphatic carbocycles. The van der Waals surface area contributed by atoms with Crippen molar-refractivity contribution < 1.29 is 19.3 Å². The lowest BCUT2D eigenvalue weighted by Gasteiger charge is -2.52. The van der Waals surface area contributed by atoms with E-state index < -0.39 is 28.1 Å². The number of anilines is 1. The zero-order chi connectivity index (χ0) is 30.0. The van der Waals surface area contributed by atoms with Crippen molar-refractivity contribution in [3.05, 3.63) is 140 Å². The summed E-state index contributed by atoms with van der Waals surface area (Å²) in [6.45, 7) is 1.85. The topological polar surface area (TPSA) is 122 Å². The van der Waals surface area contributed by atoms with Crippen LogP contribution in [0.1, 0.15) is 44.1 Å². The largest absolute Gasteiger partial charge is 0.274 e. The van der Waals surface area contributed by atoms with Crippen LogP contribution in [0.25, 0.3) is 0 Å². The van der Waals surface area contributed by atoms with Crippen LogP contribution in [0.3, 0.4) is 0 Å². The number of imide groups is 1. The van der Waals surface area contributed by atoms with Crippen molar-refractivity contribution in [1.29, 1.82) is 0 Å². The lowest BCUT2D eigenvalue weighted by molar-refractivity contribution is -0.384. The van der Waals surface area contributed by atoms with E-state index in [4.69, 9.17) is 11.6 Å². The van der Waals surface area contributed by atoms with Gasteiger partial charge in [-0.2, -0.15) is 5.10 Å². The third kappa shape index (κ3) is 3.78. The van der Waals surface area contributed by atoms with E-state index >= 15 is 0 Å². The van der Waals surface area contributed by atoms with Crippen molar-refractivity contribution >= 4 is 46.9 Å². The summed E-state index contributed by atoms with van der Waals surface area (Å²) < 4.78 is 0. The minimum atomic E-state index is -1.18. The molecule has 0 saturated carbocycles. The summed E-state index contributed by atoms with van der Waals surface area (Å²) >= 11 is 6.41. The Kier molecular flexibility index (Phi) is 6.03. The summed E-state index contributed by atoms with van der Waals surface area (Å²) in [5.41, 5.74) is 5.88. The van der Waals surface area contributed by atoms with E-state index in [1.807, 2.05) is 55.5 Å². The molecule has 10 heteroatoms. The van der Waals surface area contributed by atoms with Gasteiger partial charge in [-0.3, -0.25) is 24.5 Å².